The first-order valence-electron chi connectivity index (χ1n) is 4.08. The highest BCUT2D eigenvalue weighted by Gasteiger charge is 2.23. The number of rotatable bonds is 2. The smallest absolute Gasteiger partial charge is 0.327 e. The van der Waals surface area contributed by atoms with Gasteiger partial charge in [-0.15, -0.1) is 11.8 Å². The van der Waals surface area contributed by atoms with E-state index in [1.165, 1.54) is 0 Å². The van der Waals surface area contributed by atoms with Crippen LogP contribution >= 0.6 is 0 Å². The molecule has 4 nitrogen and oxygen atoms in total. The van der Waals surface area contributed by atoms with Gasteiger partial charge in [0.15, 0.2) is 0 Å². The van der Waals surface area contributed by atoms with Crippen molar-refractivity contribution >= 4 is 11.9 Å². The lowest BCUT2D eigenvalue weighted by molar-refractivity contribution is -0.166. The van der Waals surface area contributed by atoms with Crippen LogP contribution in [0.25, 0.3) is 0 Å². The molecule has 4 heteroatoms. The van der Waals surface area contributed by atoms with Crippen LogP contribution in [0.1, 0.15) is 13.3 Å². The van der Waals surface area contributed by atoms with Crippen molar-refractivity contribution in [2.45, 2.75) is 13.3 Å². The van der Waals surface area contributed by atoms with Gasteiger partial charge in [-0.1, -0.05) is 0 Å². The van der Waals surface area contributed by atoms with E-state index in [4.69, 9.17) is 0 Å². The Balaban J connectivity index is 2.36. The number of ether oxygens (including phenoxy) is 1. The van der Waals surface area contributed by atoms with Crippen molar-refractivity contribution in [1.82, 2.24) is 4.90 Å². The Morgan fingerprint density at radius 1 is 1.38 bits per heavy atom. The van der Waals surface area contributed by atoms with Crippen LogP contribution in [0.4, 0.5) is 0 Å². The van der Waals surface area contributed by atoms with E-state index >= 15 is 0 Å². The average molecular weight is 181 g/mol. The van der Waals surface area contributed by atoms with Crippen LogP contribution in [-0.2, 0) is 14.3 Å². The largest absolute Gasteiger partial charge is 0.391 e. The quantitative estimate of drug-likeness (QED) is 0.336. The molecule has 1 heterocycles. The number of cyclic esters (lactones) is 2. The number of hydrogen-bond donors (Lipinski definition) is 0. The van der Waals surface area contributed by atoms with Gasteiger partial charge >= 0.3 is 11.9 Å². The summed E-state index contributed by atoms with van der Waals surface area (Å²) in [6.45, 7) is 2.78. The van der Waals surface area contributed by atoms with Gasteiger partial charge in [-0.2, -0.15) is 0 Å². The first kappa shape index (κ1) is 9.75. The van der Waals surface area contributed by atoms with Gasteiger partial charge in [0.2, 0.25) is 0 Å². The van der Waals surface area contributed by atoms with Gasteiger partial charge < -0.3 is 4.74 Å². The maximum Gasteiger partial charge on any atom is 0.327 e. The molecule has 0 aliphatic carbocycles. The number of nitrogens with zero attached hydrogens (tertiary/aromatic N) is 1. The first-order chi connectivity index (χ1) is 6.22. The third-order valence-electron chi connectivity index (χ3n) is 1.66. The van der Waals surface area contributed by atoms with Crippen LogP contribution < -0.4 is 0 Å². The van der Waals surface area contributed by atoms with Crippen molar-refractivity contribution in [3.05, 3.63) is 0 Å². The van der Waals surface area contributed by atoms with E-state index in [-0.39, 0.29) is 13.1 Å². The lowest BCUT2D eigenvalue weighted by Gasteiger charge is -2.22. The summed E-state index contributed by atoms with van der Waals surface area (Å²) in [6, 6.07) is 0. The summed E-state index contributed by atoms with van der Waals surface area (Å²) in [4.78, 5) is 23.3. The molecule has 0 atom stereocenters. The van der Waals surface area contributed by atoms with E-state index in [1.807, 2.05) is 0 Å². The van der Waals surface area contributed by atoms with Crippen LogP contribution in [0.5, 0.6) is 0 Å². The van der Waals surface area contributed by atoms with E-state index in [0.717, 1.165) is 0 Å². The highest BCUT2D eigenvalue weighted by atomic mass is 16.6. The van der Waals surface area contributed by atoms with Crippen molar-refractivity contribution in [3.63, 3.8) is 0 Å². The molecule has 1 fully saturated rings. The second-order valence-corrected chi connectivity index (χ2v) is 2.73. The summed E-state index contributed by atoms with van der Waals surface area (Å²) in [5.41, 5.74) is 0. The normalized spacial score (nSPS) is 17.6. The summed E-state index contributed by atoms with van der Waals surface area (Å²) >= 11 is 0. The lowest BCUT2D eigenvalue weighted by atomic mass is 10.3. The summed E-state index contributed by atoms with van der Waals surface area (Å²) in [7, 11) is 0. The molecule has 1 aliphatic heterocycles. The molecule has 1 aliphatic rings. The third kappa shape index (κ3) is 3.26. The molecule has 0 N–H and O–H groups in total. The fourth-order valence-electron chi connectivity index (χ4n) is 1.11. The van der Waals surface area contributed by atoms with Crippen molar-refractivity contribution in [2.24, 2.45) is 0 Å². The Kier molecular flexibility index (Phi) is 3.47. The zero-order valence-electron chi connectivity index (χ0n) is 7.50. The summed E-state index contributed by atoms with van der Waals surface area (Å²) in [5.74, 6) is 4.68. The predicted octanol–water partition coefficient (Wildman–Crippen LogP) is -0.215. The van der Waals surface area contributed by atoms with Gasteiger partial charge in [-0.3, -0.25) is 14.5 Å². The molecule has 0 aromatic carbocycles. The minimum absolute atomic E-state index is 0.192. The molecular formula is C9H11NO3. The Morgan fingerprint density at radius 3 is 2.54 bits per heavy atom. The third-order valence-corrected chi connectivity index (χ3v) is 1.66. The van der Waals surface area contributed by atoms with E-state index in [0.29, 0.717) is 13.0 Å². The van der Waals surface area contributed by atoms with Gasteiger partial charge in [0.25, 0.3) is 0 Å². The monoisotopic (exact) mass is 181 g/mol. The summed E-state index contributed by atoms with van der Waals surface area (Å²) in [5, 5.41) is 0. The molecule has 70 valence electrons. The van der Waals surface area contributed by atoms with Crippen LogP contribution in [-0.4, -0.2) is 36.5 Å². The molecule has 0 unspecified atom stereocenters. The lowest BCUT2D eigenvalue weighted by Crippen LogP contribution is -2.43. The van der Waals surface area contributed by atoms with Crippen molar-refractivity contribution in [2.75, 3.05) is 19.6 Å². The van der Waals surface area contributed by atoms with E-state index in [1.54, 1.807) is 11.8 Å². The molecular weight excluding hydrogens is 170 g/mol. The van der Waals surface area contributed by atoms with Crippen LogP contribution in [0, 0.1) is 11.8 Å². The van der Waals surface area contributed by atoms with E-state index < -0.39 is 11.9 Å². The number of carbonyl (C=O) groups is 2. The molecule has 0 aromatic heterocycles. The van der Waals surface area contributed by atoms with Crippen molar-refractivity contribution < 1.29 is 14.3 Å². The molecule has 0 amide bonds. The predicted molar refractivity (Wildman–Crippen MR) is 45.6 cm³/mol. The van der Waals surface area contributed by atoms with Crippen molar-refractivity contribution in [3.8, 4) is 11.8 Å². The van der Waals surface area contributed by atoms with Gasteiger partial charge in [0.05, 0.1) is 13.1 Å². The average Bonchev–Trinajstić information content (AvgIpc) is 2.03. The summed E-state index contributed by atoms with van der Waals surface area (Å²) < 4.78 is 4.37. The zero-order chi connectivity index (χ0) is 9.68. The maximum atomic E-state index is 10.8. The van der Waals surface area contributed by atoms with Crippen molar-refractivity contribution in [1.29, 1.82) is 0 Å². The first-order valence-corrected chi connectivity index (χ1v) is 4.08. The number of carbonyl (C=O) groups excluding carboxylic acids is 2. The standard InChI is InChI=1S/C9H11NO3/c1-2-3-4-5-10-6-8(11)13-9(12)7-10/h4-7H2,1H3. The molecule has 1 rings (SSSR count). The minimum atomic E-state index is -0.472. The van der Waals surface area contributed by atoms with Gasteiger partial charge in [0.1, 0.15) is 0 Å². The molecule has 0 bridgehead atoms. The highest BCUT2D eigenvalue weighted by Crippen LogP contribution is 2.00. The van der Waals surface area contributed by atoms with Crippen LogP contribution in [0.2, 0.25) is 0 Å². The van der Waals surface area contributed by atoms with E-state index in [2.05, 4.69) is 16.6 Å². The molecule has 0 aromatic rings. The fourth-order valence-corrected chi connectivity index (χ4v) is 1.11. The Hall–Kier alpha value is -1.34. The van der Waals surface area contributed by atoms with Crippen LogP contribution in [0.3, 0.4) is 0 Å². The second kappa shape index (κ2) is 4.63. The summed E-state index contributed by atoms with van der Waals surface area (Å²) in [6.07, 6.45) is 0.678. The van der Waals surface area contributed by atoms with Gasteiger partial charge in [0, 0.05) is 13.0 Å². The molecule has 0 radical (unpaired) electrons. The maximum absolute atomic E-state index is 10.8. The molecule has 1 saturated heterocycles. The Labute approximate surface area is 76.8 Å². The fraction of sp³-hybridized carbons (Fsp3) is 0.556. The van der Waals surface area contributed by atoms with Gasteiger partial charge in [-0.25, -0.2) is 0 Å². The highest BCUT2D eigenvalue weighted by molar-refractivity contribution is 5.90. The van der Waals surface area contributed by atoms with Crippen LogP contribution in [0.15, 0.2) is 0 Å². The topological polar surface area (TPSA) is 46.6 Å². The molecule has 13 heavy (non-hydrogen) atoms. The van der Waals surface area contributed by atoms with E-state index in [9.17, 15) is 9.59 Å². The molecule has 0 spiro atoms. The molecule has 0 saturated carbocycles. The minimum Gasteiger partial charge on any atom is -0.391 e. The SMILES string of the molecule is CC#CCCN1CC(=O)OC(=O)C1. The second-order valence-electron chi connectivity index (χ2n) is 2.73. The number of hydrogen-bond acceptors (Lipinski definition) is 4. The number of morpholine rings is 1. The number of esters is 2. The van der Waals surface area contributed by atoms with Gasteiger partial charge in [-0.05, 0) is 6.92 Å². The zero-order valence-corrected chi connectivity index (χ0v) is 7.50. The Bertz CT molecular complexity index is 258. The Morgan fingerprint density at radius 2 is 2.00 bits per heavy atom.